The Morgan fingerprint density at radius 1 is 1.12 bits per heavy atom. The number of benzene rings is 1. The van der Waals surface area contributed by atoms with Crippen LogP contribution in [0.5, 0.6) is 0 Å². The molecule has 0 aliphatic carbocycles. The van der Waals surface area contributed by atoms with Crippen molar-refractivity contribution in [3.8, 4) is 0 Å². The van der Waals surface area contributed by atoms with Gasteiger partial charge in [-0.3, -0.25) is 4.79 Å². The summed E-state index contributed by atoms with van der Waals surface area (Å²) in [7, 11) is 0. The first-order valence-corrected chi connectivity index (χ1v) is 9.23. The molecule has 4 rings (SSSR count). The van der Waals surface area contributed by atoms with E-state index in [1.807, 2.05) is 42.2 Å². The van der Waals surface area contributed by atoms with Gasteiger partial charge in [-0.1, -0.05) is 18.2 Å². The Kier molecular flexibility index (Phi) is 4.84. The normalized spacial score (nSPS) is 20.4. The second kappa shape index (κ2) is 7.41. The van der Waals surface area contributed by atoms with Crippen LogP contribution >= 0.6 is 0 Å². The summed E-state index contributed by atoms with van der Waals surface area (Å²) in [6.07, 6.45) is 1.02. The molecule has 6 heteroatoms. The number of piperazine rings is 1. The van der Waals surface area contributed by atoms with Crippen LogP contribution in [0.3, 0.4) is 0 Å². The first kappa shape index (κ1) is 17.0. The highest BCUT2D eigenvalue weighted by molar-refractivity contribution is 5.94. The van der Waals surface area contributed by atoms with Crippen molar-refractivity contribution in [2.75, 3.05) is 44.3 Å². The Hall–Kier alpha value is -2.47. The van der Waals surface area contributed by atoms with E-state index in [2.05, 4.69) is 20.9 Å². The van der Waals surface area contributed by atoms with Crippen LogP contribution < -0.4 is 4.90 Å². The lowest BCUT2D eigenvalue weighted by Crippen LogP contribution is -2.49. The molecule has 1 atom stereocenters. The zero-order valence-electron chi connectivity index (χ0n) is 15.1. The number of rotatable bonds is 3. The lowest BCUT2D eigenvalue weighted by Gasteiger charge is -2.35. The lowest BCUT2D eigenvalue weighted by atomic mass is 10.0. The quantitative estimate of drug-likeness (QED) is 0.848. The molecule has 0 N–H and O–H groups in total. The molecule has 2 fully saturated rings. The van der Waals surface area contributed by atoms with E-state index < -0.39 is 0 Å². The molecule has 0 unspecified atom stereocenters. The number of aromatic nitrogens is 2. The highest BCUT2D eigenvalue weighted by atomic mass is 16.5. The molecule has 3 heterocycles. The Morgan fingerprint density at radius 2 is 1.88 bits per heavy atom. The lowest BCUT2D eigenvalue weighted by molar-refractivity contribution is 0.0746. The van der Waals surface area contributed by atoms with Crippen LogP contribution in [-0.4, -0.2) is 60.2 Å². The molecule has 1 amide bonds. The Labute approximate surface area is 153 Å². The van der Waals surface area contributed by atoms with Crippen LogP contribution in [-0.2, 0) is 4.74 Å². The standard InChI is InChI=1S/C20H24N4O2/c1-15-21-18(17-7-12-26-14-17)13-19(22-15)23-8-10-24(11-9-23)20(25)16-5-3-2-4-6-16/h2-6,13,17H,7-12,14H2,1H3/t17-/m1/s1. The second-order valence-electron chi connectivity index (χ2n) is 6.90. The molecule has 1 aromatic heterocycles. The van der Waals surface area contributed by atoms with Crippen molar-refractivity contribution >= 4 is 11.7 Å². The van der Waals surface area contributed by atoms with Gasteiger partial charge in [-0.15, -0.1) is 0 Å². The van der Waals surface area contributed by atoms with Crippen LogP contribution in [0.1, 0.15) is 34.2 Å². The van der Waals surface area contributed by atoms with Crippen LogP contribution in [0.2, 0.25) is 0 Å². The molecule has 2 saturated heterocycles. The van der Waals surface area contributed by atoms with E-state index in [1.54, 1.807) is 0 Å². The monoisotopic (exact) mass is 352 g/mol. The largest absolute Gasteiger partial charge is 0.381 e. The molecule has 136 valence electrons. The van der Waals surface area contributed by atoms with Crippen LogP contribution in [0.15, 0.2) is 36.4 Å². The third-order valence-corrected chi connectivity index (χ3v) is 5.10. The number of anilines is 1. The van der Waals surface area contributed by atoms with Gasteiger partial charge in [0.15, 0.2) is 0 Å². The van der Waals surface area contributed by atoms with Crippen molar-refractivity contribution in [1.29, 1.82) is 0 Å². The molecule has 26 heavy (non-hydrogen) atoms. The number of hydrogen-bond donors (Lipinski definition) is 0. The highest BCUT2D eigenvalue weighted by Gasteiger charge is 2.25. The Bertz CT molecular complexity index is 767. The van der Waals surface area contributed by atoms with E-state index in [4.69, 9.17) is 4.74 Å². The van der Waals surface area contributed by atoms with Gasteiger partial charge < -0.3 is 14.5 Å². The van der Waals surface area contributed by atoms with Crippen LogP contribution in [0.25, 0.3) is 0 Å². The summed E-state index contributed by atoms with van der Waals surface area (Å²) in [4.78, 5) is 26.0. The van der Waals surface area contributed by atoms with Gasteiger partial charge in [0.25, 0.3) is 5.91 Å². The summed E-state index contributed by atoms with van der Waals surface area (Å²) >= 11 is 0. The van der Waals surface area contributed by atoms with E-state index in [0.717, 1.165) is 55.6 Å². The maximum Gasteiger partial charge on any atom is 0.253 e. The first-order valence-electron chi connectivity index (χ1n) is 9.23. The number of ether oxygens (including phenoxy) is 1. The van der Waals surface area contributed by atoms with E-state index >= 15 is 0 Å². The number of carbonyl (C=O) groups is 1. The van der Waals surface area contributed by atoms with Crippen molar-refractivity contribution in [1.82, 2.24) is 14.9 Å². The van der Waals surface area contributed by atoms with Gasteiger partial charge in [0.2, 0.25) is 0 Å². The van der Waals surface area contributed by atoms with Gasteiger partial charge in [0.05, 0.1) is 12.3 Å². The SMILES string of the molecule is Cc1nc([C@@H]2CCOC2)cc(N2CCN(C(=O)c3ccccc3)CC2)n1. The van der Waals surface area contributed by atoms with Crippen molar-refractivity contribution in [2.45, 2.75) is 19.3 Å². The van der Waals surface area contributed by atoms with E-state index in [1.165, 1.54) is 0 Å². The molecule has 0 radical (unpaired) electrons. The fraction of sp³-hybridized carbons (Fsp3) is 0.450. The average Bonchev–Trinajstić information content (AvgIpc) is 3.23. The number of nitrogens with zero attached hydrogens (tertiary/aromatic N) is 4. The number of amides is 1. The summed E-state index contributed by atoms with van der Waals surface area (Å²) in [5.41, 5.74) is 1.83. The third-order valence-electron chi connectivity index (χ3n) is 5.10. The molecule has 2 aliphatic rings. The molecular formula is C20H24N4O2. The van der Waals surface area contributed by atoms with Crippen molar-refractivity contribution in [3.05, 3.63) is 53.5 Å². The van der Waals surface area contributed by atoms with E-state index in [-0.39, 0.29) is 5.91 Å². The van der Waals surface area contributed by atoms with Crippen molar-refractivity contribution in [3.63, 3.8) is 0 Å². The maximum absolute atomic E-state index is 12.6. The smallest absolute Gasteiger partial charge is 0.253 e. The summed E-state index contributed by atoms with van der Waals surface area (Å²) in [6.45, 7) is 6.49. The highest BCUT2D eigenvalue weighted by Crippen LogP contribution is 2.26. The van der Waals surface area contributed by atoms with Gasteiger partial charge in [0, 0.05) is 50.3 Å². The minimum Gasteiger partial charge on any atom is -0.381 e. The molecule has 1 aromatic carbocycles. The summed E-state index contributed by atoms with van der Waals surface area (Å²) < 4.78 is 5.50. The second-order valence-corrected chi connectivity index (χ2v) is 6.90. The van der Waals surface area contributed by atoms with Crippen molar-refractivity contribution < 1.29 is 9.53 Å². The summed E-state index contributed by atoms with van der Waals surface area (Å²) in [5.74, 6) is 2.24. The zero-order chi connectivity index (χ0) is 17.9. The Balaban J connectivity index is 1.44. The third kappa shape index (κ3) is 3.55. The molecule has 6 nitrogen and oxygen atoms in total. The fourth-order valence-electron chi connectivity index (χ4n) is 3.62. The van der Waals surface area contributed by atoms with Gasteiger partial charge in [0.1, 0.15) is 11.6 Å². The maximum atomic E-state index is 12.6. The first-order chi connectivity index (χ1) is 12.7. The number of aryl methyl sites for hydroxylation is 1. The van der Waals surface area contributed by atoms with Crippen LogP contribution in [0.4, 0.5) is 5.82 Å². The summed E-state index contributed by atoms with van der Waals surface area (Å²) in [5, 5.41) is 0. The minimum atomic E-state index is 0.105. The number of carbonyl (C=O) groups excluding carboxylic acids is 1. The predicted octanol–water partition coefficient (Wildman–Crippen LogP) is 2.25. The Morgan fingerprint density at radius 3 is 2.58 bits per heavy atom. The minimum absolute atomic E-state index is 0.105. The molecule has 0 bridgehead atoms. The number of hydrogen-bond acceptors (Lipinski definition) is 5. The fourth-order valence-corrected chi connectivity index (χ4v) is 3.62. The van der Waals surface area contributed by atoms with Gasteiger partial charge >= 0.3 is 0 Å². The van der Waals surface area contributed by atoms with Gasteiger partial charge in [-0.25, -0.2) is 9.97 Å². The van der Waals surface area contributed by atoms with Crippen molar-refractivity contribution in [2.24, 2.45) is 0 Å². The molecule has 2 aromatic rings. The van der Waals surface area contributed by atoms with Gasteiger partial charge in [-0.05, 0) is 25.5 Å². The topological polar surface area (TPSA) is 58.6 Å². The van der Waals surface area contributed by atoms with Crippen LogP contribution in [0, 0.1) is 6.92 Å². The summed E-state index contributed by atoms with van der Waals surface area (Å²) in [6, 6.07) is 11.6. The average molecular weight is 352 g/mol. The van der Waals surface area contributed by atoms with Gasteiger partial charge in [-0.2, -0.15) is 0 Å². The van der Waals surface area contributed by atoms with E-state index in [9.17, 15) is 4.79 Å². The van der Waals surface area contributed by atoms with E-state index in [0.29, 0.717) is 19.0 Å². The predicted molar refractivity (Wildman–Crippen MR) is 99.5 cm³/mol. The molecule has 0 spiro atoms. The molecular weight excluding hydrogens is 328 g/mol. The zero-order valence-corrected chi connectivity index (χ0v) is 15.1. The molecule has 0 saturated carbocycles. The molecule has 2 aliphatic heterocycles.